The number of nitrogens with zero attached hydrogens (tertiary/aromatic N) is 2. The summed E-state index contributed by atoms with van der Waals surface area (Å²) < 4.78 is 10.4. The molecule has 5 heteroatoms. The van der Waals surface area contributed by atoms with Crippen LogP contribution in [0.1, 0.15) is 39.4 Å². The van der Waals surface area contributed by atoms with Gasteiger partial charge in [-0.3, -0.25) is 0 Å². The molecular weight excluding hydrogens is 206 g/mol. The van der Waals surface area contributed by atoms with Crippen LogP contribution in [0, 0.1) is 5.92 Å². The molecular formula is C11H21N3O2. The molecule has 0 aliphatic rings. The van der Waals surface area contributed by atoms with Crippen molar-refractivity contribution < 1.29 is 9.26 Å². The molecule has 0 saturated carbocycles. The fraction of sp³-hybridized carbons (Fsp3) is 0.818. The third kappa shape index (κ3) is 3.57. The maximum Gasteiger partial charge on any atom is 0.240 e. The first-order valence-corrected chi connectivity index (χ1v) is 5.54. The fourth-order valence-electron chi connectivity index (χ4n) is 1.13. The quantitative estimate of drug-likeness (QED) is 0.801. The number of rotatable bonds is 6. The number of nitrogens with one attached hydrogen (secondary N) is 1. The lowest BCUT2D eigenvalue weighted by Gasteiger charge is -2.17. The second-order valence-corrected chi connectivity index (χ2v) is 4.75. The van der Waals surface area contributed by atoms with E-state index in [1.165, 1.54) is 0 Å². The molecule has 0 saturated heterocycles. The maximum atomic E-state index is 5.27. The molecule has 1 aromatic heterocycles. The van der Waals surface area contributed by atoms with Crippen LogP contribution in [0.5, 0.6) is 0 Å². The van der Waals surface area contributed by atoms with Crippen LogP contribution in [-0.4, -0.2) is 23.8 Å². The molecule has 0 radical (unpaired) electrons. The molecule has 92 valence electrons. The van der Waals surface area contributed by atoms with Crippen molar-refractivity contribution in [3.8, 4) is 0 Å². The highest BCUT2D eigenvalue weighted by atomic mass is 16.5. The van der Waals surface area contributed by atoms with Crippen molar-refractivity contribution >= 4 is 0 Å². The Morgan fingerprint density at radius 3 is 2.69 bits per heavy atom. The van der Waals surface area contributed by atoms with Crippen LogP contribution in [-0.2, 0) is 16.9 Å². The van der Waals surface area contributed by atoms with Crippen molar-refractivity contribution in [1.29, 1.82) is 0 Å². The summed E-state index contributed by atoms with van der Waals surface area (Å²) in [5.74, 6) is 1.79. The van der Waals surface area contributed by atoms with Crippen LogP contribution in [0.15, 0.2) is 4.52 Å². The lowest BCUT2D eigenvalue weighted by molar-refractivity contribution is 0.00973. The number of ether oxygens (including phenoxy) is 1. The smallest absolute Gasteiger partial charge is 0.240 e. The van der Waals surface area contributed by atoms with Crippen LogP contribution < -0.4 is 5.32 Å². The van der Waals surface area contributed by atoms with Gasteiger partial charge in [0.25, 0.3) is 0 Å². The van der Waals surface area contributed by atoms with Gasteiger partial charge in [0.15, 0.2) is 0 Å². The van der Waals surface area contributed by atoms with E-state index in [-0.39, 0.29) is 0 Å². The Balaban J connectivity index is 2.52. The average Bonchev–Trinajstić information content (AvgIpc) is 2.66. The lowest BCUT2D eigenvalue weighted by Crippen LogP contribution is -2.22. The van der Waals surface area contributed by atoms with Crippen LogP contribution in [0.3, 0.4) is 0 Å². The average molecular weight is 227 g/mol. The van der Waals surface area contributed by atoms with Gasteiger partial charge in [0.1, 0.15) is 5.60 Å². The Hall–Kier alpha value is -0.940. The summed E-state index contributed by atoms with van der Waals surface area (Å²) in [6, 6.07) is 0. The molecule has 0 aromatic carbocycles. The van der Waals surface area contributed by atoms with Crippen molar-refractivity contribution in [2.75, 3.05) is 13.7 Å². The Labute approximate surface area is 96.6 Å². The molecule has 0 spiro atoms. The Morgan fingerprint density at radius 2 is 2.12 bits per heavy atom. The van der Waals surface area contributed by atoms with Crippen molar-refractivity contribution in [3.63, 3.8) is 0 Å². The van der Waals surface area contributed by atoms with E-state index in [2.05, 4.69) is 29.3 Å². The summed E-state index contributed by atoms with van der Waals surface area (Å²) in [6.45, 7) is 9.66. The van der Waals surface area contributed by atoms with E-state index < -0.39 is 5.60 Å². The van der Waals surface area contributed by atoms with Gasteiger partial charge in [-0.05, 0) is 26.3 Å². The van der Waals surface area contributed by atoms with Crippen LogP contribution in [0.25, 0.3) is 0 Å². The molecule has 1 N–H and O–H groups in total. The largest absolute Gasteiger partial charge is 0.371 e. The van der Waals surface area contributed by atoms with E-state index >= 15 is 0 Å². The van der Waals surface area contributed by atoms with Crippen LogP contribution in [0.4, 0.5) is 0 Å². The predicted octanol–water partition coefficient (Wildman–Crippen LogP) is 1.70. The summed E-state index contributed by atoms with van der Waals surface area (Å²) in [5.41, 5.74) is -0.500. The minimum absolute atomic E-state index is 0.500. The Bertz CT molecular complexity index is 321. The minimum Gasteiger partial charge on any atom is -0.371 e. The highest BCUT2D eigenvalue weighted by Crippen LogP contribution is 2.20. The molecule has 16 heavy (non-hydrogen) atoms. The fourth-order valence-corrected chi connectivity index (χ4v) is 1.13. The predicted molar refractivity (Wildman–Crippen MR) is 60.9 cm³/mol. The summed E-state index contributed by atoms with van der Waals surface area (Å²) in [6.07, 6.45) is 0. The van der Waals surface area contributed by atoms with Crippen molar-refractivity contribution in [2.45, 2.75) is 39.8 Å². The second kappa shape index (κ2) is 5.41. The molecule has 1 aromatic rings. The van der Waals surface area contributed by atoms with Gasteiger partial charge in [-0.25, -0.2) is 0 Å². The molecule has 5 nitrogen and oxygen atoms in total. The zero-order valence-electron chi connectivity index (χ0n) is 10.7. The van der Waals surface area contributed by atoms with Gasteiger partial charge in [0, 0.05) is 7.11 Å². The van der Waals surface area contributed by atoms with Gasteiger partial charge in [-0.15, -0.1) is 0 Å². The SMILES string of the molecule is COC(C)(C)c1noc(CNCC(C)C)n1. The number of aromatic nitrogens is 2. The molecule has 0 bridgehead atoms. The summed E-state index contributed by atoms with van der Waals surface area (Å²) in [4.78, 5) is 4.28. The van der Waals surface area contributed by atoms with Gasteiger partial charge in [0.05, 0.1) is 6.54 Å². The highest BCUT2D eigenvalue weighted by molar-refractivity contribution is 4.96. The Kier molecular flexibility index (Phi) is 4.44. The first-order valence-electron chi connectivity index (χ1n) is 5.54. The zero-order valence-corrected chi connectivity index (χ0v) is 10.7. The van der Waals surface area contributed by atoms with Gasteiger partial charge in [0.2, 0.25) is 11.7 Å². The van der Waals surface area contributed by atoms with E-state index in [9.17, 15) is 0 Å². The molecule has 0 amide bonds. The Morgan fingerprint density at radius 1 is 1.44 bits per heavy atom. The van der Waals surface area contributed by atoms with Gasteiger partial charge in [-0.1, -0.05) is 19.0 Å². The van der Waals surface area contributed by atoms with Crippen molar-refractivity contribution in [1.82, 2.24) is 15.5 Å². The summed E-state index contributed by atoms with van der Waals surface area (Å²) >= 11 is 0. The summed E-state index contributed by atoms with van der Waals surface area (Å²) in [5, 5.41) is 7.15. The van der Waals surface area contributed by atoms with Gasteiger partial charge < -0.3 is 14.6 Å². The molecule has 0 fully saturated rings. The number of methoxy groups -OCH3 is 1. The van der Waals surface area contributed by atoms with E-state index in [0.29, 0.717) is 24.2 Å². The van der Waals surface area contributed by atoms with E-state index in [4.69, 9.17) is 9.26 Å². The third-order valence-electron chi connectivity index (χ3n) is 2.35. The second-order valence-electron chi connectivity index (χ2n) is 4.75. The van der Waals surface area contributed by atoms with Gasteiger partial charge in [-0.2, -0.15) is 4.98 Å². The van der Waals surface area contributed by atoms with E-state index in [1.54, 1.807) is 7.11 Å². The molecule has 0 aliphatic carbocycles. The highest BCUT2D eigenvalue weighted by Gasteiger charge is 2.25. The van der Waals surface area contributed by atoms with Crippen LogP contribution >= 0.6 is 0 Å². The molecule has 1 rings (SSSR count). The number of hydrogen-bond acceptors (Lipinski definition) is 5. The molecule has 0 atom stereocenters. The van der Waals surface area contributed by atoms with Crippen molar-refractivity contribution in [2.24, 2.45) is 5.92 Å². The van der Waals surface area contributed by atoms with E-state index in [0.717, 1.165) is 6.54 Å². The monoisotopic (exact) mass is 227 g/mol. The normalized spacial score (nSPS) is 12.4. The topological polar surface area (TPSA) is 60.2 Å². The molecule has 1 heterocycles. The van der Waals surface area contributed by atoms with Crippen LogP contribution in [0.2, 0.25) is 0 Å². The first-order chi connectivity index (χ1) is 7.45. The standard InChI is InChI=1S/C11H21N3O2/c1-8(2)6-12-7-9-13-10(14-16-9)11(3,4)15-5/h8,12H,6-7H2,1-5H3. The summed E-state index contributed by atoms with van der Waals surface area (Å²) in [7, 11) is 1.63. The van der Waals surface area contributed by atoms with E-state index in [1.807, 2.05) is 13.8 Å². The lowest BCUT2D eigenvalue weighted by atomic mass is 10.1. The zero-order chi connectivity index (χ0) is 12.2. The minimum atomic E-state index is -0.500. The van der Waals surface area contributed by atoms with Crippen molar-refractivity contribution in [3.05, 3.63) is 11.7 Å². The third-order valence-corrected chi connectivity index (χ3v) is 2.35. The van der Waals surface area contributed by atoms with Gasteiger partial charge >= 0.3 is 0 Å². The first kappa shape index (κ1) is 13.1. The molecule has 0 aliphatic heterocycles. The number of hydrogen-bond donors (Lipinski definition) is 1. The molecule has 0 unspecified atom stereocenters. The maximum absolute atomic E-state index is 5.27.